The van der Waals surface area contributed by atoms with Gasteiger partial charge in [0.25, 0.3) is 0 Å². The van der Waals surface area contributed by atoms with Gasteiger partial charge in [-0.05, 0) is 31.7 Å². The van der Waals surface area contributed by atoms with E-state index in [0.29, 0.717) is 12.1 Å². The maximum Gasteiger partial charge on any atom is 0.330 e. The predicted octanol–water partition coefficient (Wildman–Crippen LogP) is 2.82. The molecule has 0 aromatic rings. The van der Waals surface area contributed by atoms with Gasteiger partial charge < -0.3 is 10.4 Å². The number of carbonyl (C=O) groups is 1. The van der Waals surface area contributed by atoms with E-state index < -0.39 is 5.97 Å². The molecule has 0 aliphatic heterocycles. The first kappa shape index (κ1) is 14.2. The SMILES string of the molecule is C/C(=C/CNCCC1CCC(C)CC1)C(=O)O. The van der Waals surface area contributed by atoms with E-state index in [0.717, 1.165) is 18.4 Å². The zero-order chi connectivity index (χ0) is 12.7. The van der Waals surface area contributed by atoms with E-state index in [9.17, 15) is 4.79 Å². The van der Waals surface area contributed by atoms with E-state index in [1.165, 1.54) is 32.1 Å². The molecule has 1 aliphatic carbocycles. The van der Waals surface area contributed by atoms with Crippen LogP contribution < -0.4 is 5.32 Å². The molecule has 1 saturated carbocycles. The van der Waals surface area contributed by atoms with Crippen molar-refractivity contribution in [3.05, 3.63) is 11.6 Å². The molecule has 0 radical (unpaired) electrons. The van der Waals surface area contributed by atoms with Crippen LogP contribution in [-0.2, 0) is 4.79 Å². The van der Waals surface area contributed by atoms with Crippen molar-refractivity contribution in [1.29, 1.82) is 0 Å². The van der Waals surface area contributed by atoms with Crippen LogP contribution >= 0.6 is 0 Å². The number of aliphatic carboxylic acids is 1. The fourth-order valence-corrected chi connectivity index (χ4v) is 2.34. The van der Waals surface area contributed by atoms with Gasteiger partial charge in [0.2, 0.25) is 0 Å². The second-order valence-electron chi connectivity index (χ2n) is 5.31. The highest BCUT2D eigenvalue weighted by Crippen LogP contribution is 2.29. The summed E-state index contributed by atoms with van der Waals surface area (Å²) in [5, 5.41) is 12.0. The van der Waals surface area contributed by atoms with Gasteiger partial charge in [-0.15, -0.1) is 0 Å². The van der Waals surface area contributed by atoms with E-state index in [-0.39, 0.29) is 0 Å². The van der Waals surface area contributed by atoms with Crippen molar-refractivity contribution in [3.8, 4) is 0 Å². The lowest BCUT2D eigenvalue weighted by atomic mass is 9.81. The van der Waals surface area contributed by atoms with E-state index >= 15 is 0 Å². The molecule has 1 fully saturated rings. The van der Waals surface area contributed by atoms with Gasteiger partial charge in [-0.3, -0.25) is 0 Å². The molecule has 0 heterocycles. The molecule has 0 amide bonds. The average molecular weight is 239 g/mol. The summed E-state index contributed by atoms with van der Waals surface area (Å²) in [7, 11) is 0. The fourth-order valence-electron chi connectivity index (χ4n) is 2.34. The Labute approximate surface area is 104 Å². The number of carboxylic acid groups (broad SMARTS) is 1. The Morgan fingerprint density at radius 3 is 2.59 bits per heavy atom. The van der Waals surface area contributed by atoms with Gasteiger partial charge in [-0.25, -0.2) is 4.79 Å². The first-order valence-corrected chi connectivity index (χ1v) is 6.70. The van der Waals surface area contributed by atoms with Crippen LogP contribution in [0.25, 0.3) is 0 Å². The van der Waals surface area contributed by atoms with Crippen molar-refractivity contribution in [3.63, 3.8) is 0 Å². The number of hydrogen-bond donors (Lipinski definition) is 2. The molecule has 0 aromatic heterocycles. The van der Waals surface area contributed by atoms with Gasteiger partial charge in [-0.2, -0.15) is 0 Å². The van der Waals surface area contributed by atoms with Crippen LogP contribution in [0.3, 0.4) is 0 Å². The van der Waals surface area contributed by atoms with Crippen LogP contribution in [0.4, 0.5) is 0 Å². The Kier molecular flexibility index (Phi) is 6.27. The second kappa shape index (κ2) is 7.49. The lowest BCUT2D eigenvalue weighted by molar-refractivity contribution is -0.132. The lowest BCUT2D eigenvalue weighted by Gasteiger charge is -2.26. The molecular weight excluding hydrogens is 214 g/mol. The standard InChI is InChI=1S/C14H25NO2/c1-11-3-5-13(6-4-11)8-10-15-9-7-12(2)14(16)17/h7,11,13,15H,3-6,8-10H2,1-2H3,(H,16,17)/b12-7-. The first-order chi connectivity index (χ1) is 8.09. The highest BCUT2D eigenvalue weighted by Gasteiger charge is 2.17. The summed E-state index contributed by atoms with van der Waals surface area (Å²) < 4.78 is 0. The Morgan fingerprint density at radius 2 is 2.00 bits per heavy atom. The Hall–Kier alpha value is -0.830. The van der Waals surface area contributed by atoms with E-state index in [1.54, 1.807) is 13.0 Å². The Balaban J connectivity index is 2.05. The predicted molar refractivity (Wildman–Crippen MR) is 70.0 cm³/mol. The van der Waals surface area contributed by atoms with Gasteiger partial charge in [-0.1, -0.05) is 38.7 Å². The molecule has 17 heavy (non-hydrogen) atoms. The minimum absolute atomic E-state index is 0.420. The molecule has 1 rings (SSSR count). The zero-order valence-corrected chi connectivity index (χ0v) is 11.0. The summed E-state index contributed by atoms with van der Waals surface area (Å²) in [5.74, 6) is 0.969. The maximum atomic E-state index is 10.5. The minimum Gasteiger partial charge on any atom is -0.478 e. The zero-order valence-electron chi connectivity index (χ0n) is 11.0. The molecule has 1 aliphatic rings. The van der Waals surface area contributed by atoms with Gasteiger partial charge in [0, 0.05) is 12.1 Å². The van der Waals surface area contributed by atoms with Gasteiger partial charge in [0.1, 0.15) is 0 Å². The number of nitrogens with one attached hydrogen (secondary N) is 1. The number of carboxylic acids is 1. The molecule has 0 aromatic carbocycles. The van der Waals surface area contributed by atoms with Crippen molar-refractivity contribution in [2.75, 3.05) is 13.1 Å². The van der Waals surface area contributed by atoms with Gasteiger partial charge in [0.05, 0.1) is 0 Å². The van der Waals surface area contributed by atoms with E-state index in [1.807, 2.05) is 0 Å². The minimum atomic E-state index is -0.826. The quantitative estimate of drug-likeness (QED) is 0.553. The fraction of sp³-hybridized carbons (Fsp3) is 0.786. The molecule has 3 nitrogen and oxygen atoms in total. The second-order valence-corrected chi connectivity index (χ2v) is 5.31. The number of rotatable bonds is 6. The van der Waals surface area contributed by atoms with Crippen molar-refractivity contribution < 1.29 is 9.90 Å². The summed E-state index contributed by atoms with van der Waals surface area (Å²) in [5.41, 5.74) is 0.420. The van der Waals surface area contributed by atoms with Crippen molar-refractivity contribution in [1.82, 2.24) is 5.32 Å². The van der Waals surface area contributed by atoms with Crippen LogP contribution in [0.1, 0.15) is 46.0 Å². The Bertz CT molecular complexity index is 265. The summed E-state index contributed by atoms with van der Waals surface area (Å²) in [6.07, 6.45) is 8.46. The smallest absolute Gasteiger partial charge is 0.330 e. The maximum absolute atomic E-state index is 10.5. The van der Waals surface area contributed by atoms with Crippen molar-refractivity contribution in [2.45, 2.75) is 46.0 Å². The average Bonchev–Trinajstić information content (AvgIpc) is 2.30. The third-order valence-corrected chi connectivity index (χ3v) is 3.75. The topological polar surface area (TPSA) is 49.3 Å². The third-order valence-electron chi connectivity index (χ3n) is 3.75. The van der Waals surface area contributed by atoms with Crippen LogP contribution in [0.2, 0.25) is 0 Å². The van der Waals surface area contributed by atoms with Crippen molar-refractivity contribution in [2.24, 2.45) is 11.8 Å². The summed E-state index contributed by atoms with van der Waals surface area (Å²) in [4.78, 5) is 10.5. The largest absolute Gasteiger partial charge is 0.478 e. The molecule has 98 valence electrons. The van der Waals surface area contributed by atoms with Crippen LogP contribution in [-0.4, -0.2) is 24.2 Å². The summed E-state index contributed by atoms with van der Waals surface area (Å²) in [6.45, 7) is 5.64. The summed E-state index contributed by atoms with van der Waals surface area (Å²) >= 11 is 0. The lowest BCUT2D eigenvalue weighted by Crippen LogP contribution is -2.21. The molecule has 0 unspecified atom stereocenters. The van der Waals surface area contributed by atoms with Gasteiger partial charge in [0.15, 0.2) is 0 Å². The van der Waals surface area contributed by atoms with E-state index in [4.69, 9.17) is 5.11 Å². The summed E-state index contributed by atoms with van der Waals surface area (Å²) in [6, 6.07) is 0. The van der Waals surface area contributed by atoms with Gasteiger partial charge >= 0.3 is 5.97 Å². The van der Waals surface area contributed by atoms with E-state index in [2.05, 4.69) is 12.2 Å². The molecule has 3 heteroatoms. The normalized spacial score (nSPS) is 25.9. The molecule has 0 saturated heterocycles. The first-order valence-electron chi connectivity index (χ1n) is 6.70. The van der Waals surface area contributed by atoms with Crippen LogP contribution in [0, 0.1) is 11.8 Å². The highest BCUT2D eigenvalue weighted by atomic mass is 16.4. The number of hydrogen-bond acceptors (Lipinski definition) is 2. The molecule has 0 spiro atoms. The highest BCUT2D eigenvalue weighted by molar-refractivity contribution is 5.85. The molecule has 2 N–H and O–H groups in total. The molecule has 0 bridgehead atoms. The molecular formula is C14H25NO2. The molecule has 0 atom stereocenters. The van der Waals surface area contributed by atoms with Crippen LogP contribution in [0.5, 0.6) is 0 Å². The monoisotopic (exact) mass is 239 g/mol. The third kappa shape index (κ3) is 5.87. The van der Waals surface area contributed by atoms with Crippen molar-refractivity contribution >= 4 is 5.97 Å². The van der Waals surface area contributed by atoms with Crippen LogP contribution in [0.15, 0.2) is 11.6 Å². The Morgan fingerprint density at radius 1 is 1.35 bits per heavy atom.